The van der Waals surface area contributed by atoms with Gasteiger partial charge in [-0.05, 0) is 48.7 Å². The Kier molecular flexibility index (Phi) is 7.60. The summed E-state index contributed by atoms with van der Waals surface area (Å²) in [5.74, 6) is -0.0399. The number of anilines is 2. The Morgan fingerprint density at radius 1 is 1.11 bits per heavy atom. The zero-order valence-corrected chi connectivity index (χ0v) is 20.2. The molecular formula is C27H31N5O3. The van der Waals surface area contributed by atoms with Crippen LogP contribution in [0.25, 0.3) is 11.8 Å². The lowest BCUT2D eigenvalue weighted by Crippen LogP contribution is -2.36. The smallest absolute Gasteiger partial charge is 0.328 e. The number of hydrogen-bond acceptors (Lipinski definition) is 5. The Morgan fingerprint density at radius 2 is 1.91 bits per heavy atom. The quantitative estimate of drug-likeness (QED) is 0.483. The van der Waals surface area contributed by atoms with Crippen LogP contribution < -0.4 is 9.80 Å². The van der Waals surface area contributed by atoms with Gasteiger partial charge in [-0.3, -0.25) is 4.79 Å². The number of pyridine rings is 1. The summed E-state index contributed by atoms with van der Waals surface area (Å²) in [5, 5.41) is 13.5. The van der Waals surface area contributed by atoms with Crippen molar-refractivity contribution in [2.75, 3.05) is 23.9 Å². The first-order valence-electron chi connectivity index (χ1n) is 11.9. The van der Waals surface area contributed by atoms with Crippen LogP contribution in [-0.2, 0) is 16.1 Å². The van der Waals surface area contributed by atoms with E-state index in [0.717, 1.165) is 60.1 Å². The molecule has 4 rings (SSSR count). The number of carboxylic acid groups (broad SMARTS) is 1. The molecule has 1 N–H and O–H groups in total. The van der Waals surface area contributed by atoms with Crippen molar-refractivity contribution in [3.05, 3.63) is 72.2 Å². The monoisotopic (exact) mass is 473 g/mol. The summed E-state index contributed by atoms with van der Waals surface area (Å²) in [6.07, 6.45) is 13.2. The lowest BCUT2D eigenvalue weighted by Gasteiger charge is -2.29. The normalized spacial score (nSPS) is 14.2. The Morgan fingerprint density at radius 3 is 2.60 bits per heavy atom. The standard InChI is InChI=1S/C27H31N5O3/c1-30(2)25-13-12-24(17-28-25)32-19-21(16-29-32)18-31(27(35)22-8-4-3-5-9-22)23-10-6-7-20(15-23)11-14-26(33)34/h6-7,10-17,19,22H,3-5,8-9,18H2,1-2H3,(H,33,34). The number of rotatable bonds is 8. The average molecular weight is 474 g/mol. The van der Waals surface area contributed by atoms with Crippen molar-refractivity contribution >= 4 is 29.5 Å². The van der Waals surface area contributed by atoms with Crippen molar-refractivity contribution in [2.24, 2.45) is 5.92 Å². The maximum absolute atomic E-state index is 13.6. The van der Waals surface area contributed by atoms with Crippen LogP contribution in [0.5, 0.6) is 0 Å². The highest BCUT2D eigenvalue weighted by Crippen LogP contribution is 2.29. The van der Waals surface area contributed by atoms with E-state index in [-0.39, 0.29) is 11.8 Å². The van der Waals surface area contributed by atoms with Gasteiger partial charge in [-0.25, -0.2) is 14.5 Å². The van der Waals surface area contributed by atoms with Crippen LogP contribution in [0.1, 0.15) is 43.2 Å². The molecule has 2 aromatic heterocycles. The summed E-state index contributed by atoms with van der Waals surface area (Å²) in [6, 6.07) is 11.3. The second kappa shape index (κ2) is 11.0. The SMILES string of the molecule is CN(C)c1ccc(-n2cc(CN(C(=O)C3CCCCC3)c3cccc(C=CC(=O)O)c3)cn2)cn1. The van der Waals surface area contributed by atoms with E-state index in [0.29, 0.717) is 6.54 Å². The fourth-order valence-electron chi connectivity index (χ4n) is 4.37. The number of carboxylic acids is 1. The molecule has 1 saturated carbocycles. The number of nitrogens with zero attached hydrogens (tertiary/aromatic N) is 5. The fraction of sp³-hybridized carbons (Fsp3) is 0.333. The first-order chi connectivity index (χ1) is 16.9. The Bertz CT molecular complexity index is 1190. The third-order valence-corrected chi connectivity index (χ3v) is 6.25. The van der Waals surface area contributed by atoms with Crippen molar-refractivity contribution in [1.29, 1.82) is 0 Å². The summed E-state index contributed by atoms with van der Waals surface area (Å²) >= 11 is 0. The predicted molar refractivity (Wildman–Crippen MR) is 137 cm³/mol. The van der Waals surface area contributed by atoms with Gasteiger partial charge >= 0.3 is 5.97 Å². The second-order valence-corrected chi connectivity index (χ2v) is 9.09. The van der Waals surface area contributed by atoms with E-state index in [1.807, 2.05) is 66.5 Å². The second-order valence-electron chi connectivity index (χ2n) is 9.09. The van der Waals surface area contributed by atoms with E-state index in [2.05, 4.69) is 10.1 Å². The number of aromatic nitrogens is 3. The van der Waals surface area contributed by atoms with Gasteiger partial charge in [-0.15, -0.1) is 0 Å². The van der Waals surface area contributed by atoms with E-state index in [9.17, 15) is 9.59 Å². The number of hydrogen-bond donors (Lipinski definition) is 1. The molecule has 8 nitrogen and oxygen atoms in total. The van der Waals surface area contributed by atoms with Crippen LogP contribution in [0.3, 0.4) is 0 Å². The topological polar surface area (TPSA) is 91.6 Å². The minimum absolute atomic E-state index is 0.000194. The van der Waals surface area contributed by atoms with Crippen LogP contribution in [-0.4, -0.2) is 45.8 Å². The average Bonchev–Trinajstić information content (AvgIpc) is 3.35. The van der Waals surface area contributed by atoms with Gasteiger partial charge in [-0.2, -0.15) is 5.10 Å². The maximum Gasteiger partial charge on any atom is 0.328 e. The lowest BCUT2D eigenvalue weighted by atomic mass is 9.88. The molecule has 2 heterocycles. The van der Waals surface area contributed by atoms with E-state index < -0.39 is 5.97 Å². The van der Waals surface area contributed by atoms with Gasteiger partial charge in [0.15, 0.2) is 0 Å². The Labute approximate surface area is 205 Å². The highest BCUT2D eigenvalue weighted by atomic mass is 16.4. The third-order valence-electron chi connectivity index (χ3n) is 6.25. The lowest BCUT2D eigenvalue weighted by molar-refractivity contribution is -0.131. The fourth-order valence-corrected chi connectivity index (χ4v) is 4.37. The molecule has 1 amide bonds. The third kappa shape index (κ3) is 6.15. The molecule has 0 bridgehead atoms. The molecule has 35 heavy (non-hydrogen) atoms. The van der Waals surface area contributed by atoms with Crippen molar-refractivity contribution in [3.8, 4) is 5.69 Å². The van der Waals surface area contributed by atoms with Crippen LogP contribution >= 0.6 is 0 Å². The van der Waals surface area contributed by atoms with Gasteiger partial charge < -0.3 is 14.9 Å². The van der Waals surface area contributed by atoms with Gasteiger partial charge in [0.25, 0.3) is 0 Å². The van der Waals surface area contributed by atoms with Gasteiger partial charge in [0.1, 0.15) is 5.82 Å². The van der Waals surface area contributed by atoms with Crippen LogP contribution in [0.2, 0.25) is 0 Å². The van der Waals surface area contributed by atoms with E-state index >= 15 is 0 Å². The molecule has 1 fully saturated rings. The maximum atomic E-state index is 13.6. The molecule has 182 valence electrons. The summed E-state index contributed by atoms with van der Waals surface area (Å²) < 4.78 is 1.76. The summed E-state index contributed by atoms with van der Waals surface area (Å²) in [4.78, 5) is 32.8. The number of benzene rings is 1. The first-order valence-corrected chi connectivity index (χ1v) is 11.9. The molecule has 0 spiro atoms. The Hall–Kier alpha value is -3.94. The molecule has 0 aliphatic heterocycles. The van der Waals surface area contributed by atoms with E-state index in [1.54, 1.807) is 17.1 Å². The molecule has 3 aromatic rings. The van der Waals surface area contributed by atoms with E-state index in [1.165, 1.54) is 12.5 Å². The summed E-state index contributed by atoms with van der Waals surface area (Å²) in [7, 11) is 3.89. The van der Waals surface area contributed by atoms with Crippen LogP contribution in [0.4, 0.5) is 11.5 Å². The molecule has 1 aliphatic rings. The van der Waals surface area contributed by atoms with Gasteiger partial charge in [0.2, 0.25) is 5.91 Å². The minimum atomic E-state index is -1.01. The van der Waals surface area contributed by atoms with Gasteiger partial charge in [0, 0.05) is 43.5 Å². The minimum Gasteiger partial charge on any atom is -0.478 e. The molecule has 0 radical (unpaired) electrons. The highest BCUT2D eigenvalue weighted by molar-refractivity contribution is 5.95. The van der Waals surface area contributed by atoms with Crippen molar-refractivity contribution in [3.63, 3.8) is 0 Å². The number of carbonyl (C=O) groups excluding carboxylic acids is 1. The van der Waals surface area contributed by atoms with Crippen LogP contribution in [0.15, 0.2) is 61.1 Å². The molecule has 0 unspecified atom stereocenters. The van der Waals surface area contributed by atoms with Crippen molar-refractivity contribution in [1.82, 2.24) is 14.8 Å². The molecule has 0 saturated heterocycles. The molecule has 0 atom stereocenters. The molecule has 1 aliphatic carbocycles. The zero-order chi connectivity index (χ0) is 24.8. The molecule has 8 heteroatoms. The van der Waals surface area contributed by atoms with Crippen molar-refractivity contribution < 1.29 is 14.7 Å². The number of amides is 1. The summed E-state index contributed by atoms with van der Waals surface area (Å²) in [5.41, 5.74) is 3.22. The van der Waals surface area contributed by atoms with E-state index in [4.69, 9.17) is 5.11 Å². The van der Waals surface area contributed by atoms with Crippen molar-refractivity contribution in [2.45, 2.75) is 38.6 Å². The molecule has 1 aromatic carbocycles. The van der Waals surface area contributed by atoms with Gasteiger partial charge in [-0.1, -0.05) is 31.4 Å². The van der Waals surface area contributed by atoms with Crippen LogP contribution in [0, 0.1) is 5.92 Å². The number of aliphatic carboxylic acids is 1. The summed E-state index contributed by atoms with van der Waals surface area (Å²) in [6.45, 7) is 0.380. The largest absolute Gasteiger partial charge is 0.478 e. The highest BCUT2D eigenvalue weighted by Gasteiger charge is 2.27. The zero-order valence-electron chi connectivity index (χ0n) is 20.2. The Balaban J connectivity index is 1.60. The molecular weight excluding hydrogens is 442 g/mol. The predicted octanol–water partition coefficient (Wildman–Crippen LogP) is 4.54. The van der Waals surface area contributed by atoms with Gasteiger partial charge in [0.05, 0.1) is 24.6 Å². The first kappa shape index (κ1) is 24.2. The number of carbonyl (C=O) groups is 2.